The number of piperidine rings is 1. The van der Waals surface area contributed by atoms with Gasteiger partial charge in [0.15, 0.2) is 5.82 Å². The van der Waals surface area contributed by atoms with Gasteiger partial charge in [-0.15, -0.1) is 0 Å². The zero-order valence-electron chi connectivity index (χ0n) is 17.5. The first kappa shape index (κ1) is 20.7. The Kier molecular flexibility index (Phi) is 6.06. The van der Waals surface area contributed by atoms with Crippen molar-refractivity contribution in [1.29, 1.82) is 0 Å². The van der Waals surface area contributed by atoms with E-state index in [0.717, 1.165) is 43.0 Å². The lowest BCUT2D eigenvalue weighted by molar-refractivity contribution is 0.0930. The Bertz CT molecular complexity index is 1020. The van der Waals surface area contributed by atoms with Gasteiger partial charge in [-0.25, -0.2) is 4.39 Å². The highest BCUT2D eigenvalue weighted by molar-refractivity contribution is 5.95. The third kappa shape index (κ3) is 4.79. The summed E-state index contributed by atoms with van der Waals surface area (Å²) in [6.45, 7) is 1.56. The van der Waals surface area contributed by atoms with E-state index in [4.69, 9.17) is 9.47 Å². The lowest BCUT2D eigenvalue weighted by Crippen LogP contribution is -2.44. The molecular weight excluding hydrogens is 399 g/mol. The fraction of sp³-hybridized carbons (Fsp3) is 0.304. The summed E-state index contributed by atoms with van der Waals surface area (Å²) in [6.07, 6.45) is 1.62. The number of aromatic nitrogens is 2. The summed E-state index contributed by atoms with van der Waals surface area (Å²) in [5.41, 5.74) is 2.24. The third-order valence-corrected chi connectivity index (χ3v) is 5.49. The first-order valence-corrected chi connectivity index (χ1v) is 10.2. The van der Waals surface area contributed by atoms with Gasteiger partial charge in [-0.05, 0) is 54.8 Å². The number of carbonyl (C=O) groups is 1. The Morgan fingerprint density at radius 2 is 1.71 bits per heavy atom. The third-order valence-electron chi connectivity index (χ3n) is 5.49. The zero-order valence-corrected chi connectivity index (χ0v) is 17.5. The van der Waals surface area contributed by atoms with Crippen molar-refractivity contribution in [1.82, 2.24) is 15.5 Å². The van der Waals surface area contributed by atoms with Crippen LogP contribution >= 0.6 is 0 Å². The number of hydrogen-bond donors (Lipinski definition) is 2. The molecule has 1 aromatic heterocycles. The van der Waals surface area contributed by atoms with Crippen LogP contribution in [0.4, 0.5) is 10.2 Å². The van der Waals surface area contributed by atoms with Crippen molar-refractivity contribution in [2.45, 2.75) is 18.9 Å². The van der Waals surface area contributed by atoms with Gasteiger partial charge in [0.1, 0.15) is 17.3 Å². The maximum Gasteiger partial charge on any atom is 0.251 e. The fourth-order valence-electron chi connectivity index (χ4n) is 3.71. The fourth-order valence-corrected chi connectivity index (χ4v) is 3.71. The van der Waals surface area contributed by atoms with Crippen molar-refractivity contribution in [3.8, 4) is 22.8 Å². The van der Waals surface area contributed by atoms with Crippen LogP contribution < -0.4 is 19.7 Å². The molecule has 7 nitrogen and oxygen atoms in total. The molecule has 1 fully saturated rings. The number of aromatic amines is 1. The van der Waals surface area contributed by atoms with Gasteiger partial charge in [-0.2, -0.15) is 5.10 Å². The molecule has 4 rings (SSSR count). The largest absolute Gasteiger partial charge is 0.497 e. The normalized spacial score (nSPS) is 14.4. The molecule has 1 aliphatic rings. The van der Waals surface area contributed by atoms with Crippen molar-refractivity contribution in [3.63, 3.8) is 0 Å². The van der Waals surface area contributed by atoms with Crippen molar-refractivity contribution in [2.75, 3.05) is 32.2 Å². The van der Waals surface area contributed by atoms with Crippen LogP contribution in [-0.2, 0) is 0 Å². The van der Waals surface area contributed by atoms with Crippen LogP contribution in [0.15, 0.2) is 48.5 Å². The highest BCUT2D eigenvalue weighted by Crippen LogP contribution is 2.25. The number of benzene rings is 2. The number of ether oxygens (including phenoxy) is 2. The van der Waals surface area contributed by atoms with Crippen LogP contribution in [0.3, 0.4) is 0 Å². The minimum Gasteiger partial charge on any atom is -0.497 e. The molecule has 2 aromatic carbocycles. The topological polar surface area (TPSA) is 79.5 Å². The Morgan fingerprint density at radius 3 is 2.32 bits per heavy atom. The number of nitrogens with one attached hydrogen (secondary N) is 2. The van der Waals surface area contributed by atoms with Gasteiger partial charge < -0.3 is 19.7 Å². The second-order valence-corrected chi connectivity index (χ2v) is 7.48. The van der Waals surface area contributed by atoms with Crippen molar-refractivity contribution in [2.24, 2.45) is 0 Å². The second kappa shape index (κ2) is 9.07. The Hall–Kier alpha value is -3.55. The smallest absolute Gasteiger partial charge is 0.251 e. The van der Waals surface area contributed by atoms with Crippen LogP contribution in [0.2, 0.25) is 0 Å². The number of anilines is 1. The molecule has 0 atom stereocenters. The van der Waals surface area contributed by atoms with Crippen LogP contribution in [0, 0.1) is 5.82 Å². The molecular formula is C23H25FN4O3. The van der Waals surface area contributed by atoms with E-state index in [0.29, 0.717) is 17.1 Å². The van der Waals surface area contributed by atoms with E-state index in [1.54, 1.807) is 44.6 Å². The summed E-state index contributed by atoms with van der Waals surface area (Å²) in [5, 5.41) is 10.5. The van der Waals surface area contributed by atoms with Gasteiger partial charge in [-0.3, -0.25) is 9.89 Å². The molecule has 0 bridgehead atoms. The Balaban J connectivity index is 1.35. The minimum absolute atomic E-state index is 0.0801. The van der Waals surface area contributed by atoms with Crippen LogP contribution in [0.1, 0.15) is 23.2 Å². The first-order valence-electron chi connectivity index (χ1n) is 10.2. The number of hydrogen-bond acceptors (Lipinski definition) is 5. The number of H-pyrrole nitrogens is 1. The number of nitrogens with zero attached hydrogens (tertiary/aromatic N) is 2. The summed E-state index contributed by atoms with van der Waals surface area (Å²) in [5.74, 6) is 1.60. The predicted octanol–water partition coefficient (Wildman–Crippen LogP) is 3.63. The average Bonchev–Trinajstić information content (AvgIpc) is 3.30. The van der Waals surface area contributed by atoms with Crippen molar-refractivity contribution in [3.05, 3.63) is 59.9 Å². The van der Waals surface area contributed by atoms with Crippen LogP contribution in [-0.4, -0.2) is 49.5 Å². The molecule has 0 saturated carbocycles. The van der Waals surface area contributed by atoms with Gasteiger partial charge >= 0.3 is 0 Å². The van der Waals surface area contributed by atoms with E-state index < -0.39 is 0 Å². The lowest BCUT2D eigenvalue weighted by atomic mass is 10.0. The van der Waals surface area contributed by atoms with E-state index in [2.05, 4.69) is 20.4 Å². The summed E-state index contributed by atoms with van der Waals surface area (Å²) in [7, 11) is 3.12. The monoisotopic (exact) mass is 424 g/mol. The van der Waals surface area contributed by atoms with E-state index in [9.17, 15) is 9.18 Å². The molecule has 8 heteroatoms. The van der Waals surface area contributed by atoms with Crippen molar-refractivity contribution >= 4 is 11.7 Å². The van der Waals surface area contributed by atoms with E-state index in [-0.39, 0.29) is 17.8 Å². The number of carbonyl (C=O) groups excluding carboxylic acids is 1. The molecule has 1 aliphatic heterocycles. The SMILES string of the molecule is COc1cc(OC)cc(C(=O)NC2CCN(c3cc(-c4ccc(F)cc4)[nH]n3)CC2)c1. The molecule has 0 radical (unpaired) electrons. The van der Waals surface area contributed by atoms with E-state index in [1.165, 1.54) is 12.1 Å². The number of amides is 1. The average molecular weight is 424 g/mol. The first-order chi connectivity index (χ1) is 15.1. The molecule has 3 aromatic rings. The molecule has 2 N–H and O–H groups in total. The molecule has 162 valence electrons. The van der Waals surface area contributed by atoms with Gasteiger partial charge in [-0.1, -0.05) is 0 Å². The lowest BCUT2D eigenvalue weighted by Gasteiger charge is -2.32. The highest BCUT2D eigenvalue weighted by Gasteiger charge is 2.23. The Morgan fingerprint density at radius 1 is 1.06 bits per heavy atom. The summed E-state index contributed by atoms with van der Waals surface area (Å²) in [4.78, 5) is 14.9. The van der Waals surface area contributed by atoms with Gasteiger partial charge in [0.2, 0.25) is 0 Å². The second-order valence-electron chi connectivity index (χ2n) is 7.48. The number of rotatable bonds is 6. The number of halogens is 1. The van der Waals surface area contributed by atoms with Crippen molar-refractivity contribution < 1.29 is 18.7 Å². The molecule has 31 heavy (non-hydrogen) atoms. The minimum atomic E-state index is -0.264. The van der Waals surface area contributed by atoms with Gasteiger partial charge in [0, 0.05) is 36.8 Å². The summed E-state index contributed by atoms with van der Waals surface area (Å²) < 4.78 is 23.6. The van der Waals surface area contributed by atoms with Gasteiger partial charge in [0.25, 0.3) is 5.91 Å². The number of methoxy groups -OCH3 is 2. The molecule has 1 amide bonds. The van der Waals surface area contributed by atoms with Crippen LogP contribution in [0.5, 0.6) is 11.5 Å². The summed E-state index contributed by atoms with van der Waals surface area (Å²) in [6, 6.07) is 13.5. The van der Waals surface area contributed by atoms with Gasteiger partial charge in [0.05, 0.1) is 19.9 Å². The van der Waals surface area contributed by atoms with Crippen LogP contribution in [0.25, 0.3) is 11.3 Å². The zero-order chi connectivity index (χ0) is 21.8. The standard InChI is InChI=1S/C23H25FN4O3/c1-30-19-11-16(12-20(13-19)31-2)23(29)25-18-7-9-28(10-8-18)22-14-21(26-27-22)15-3-5-17(24)6-4-15/h3-6,11-14,18H,7-10H2,1-2H3,(H,25,29)(H,26,27). The summed E-state index contributed by atoms with van der Waals surface area (Å²) >= 11 is 0. The van der Waals surface area contributed by atoms with E-state index >= 15 is 0 Å². The predicted molar refractivity (Wildman–Crippen MR) is 116 cm³/mol. The van der Waals surface area contributed by atoms with E-state index in [1.807, 2.05) is 6.07 Å². The maximum absolute atomic E-state index is 13.1. The molecule has 0 unspecified atom stereocenters. The Labute approximate surface area is 180 Å². The maximum atomic E-state index is 13.1. The molecule has 0 aliphatic carbocycles. The molecule has 1 saturated heterocycles. The molecule has 2 heterocycles. The quantitative estimate of drug-likeness (QED) is 0.632. The highest BCUT2D eigenvalue weighted by atomic mass is 19.1. The molecule has 0 spiro atoms.